The molecule has 100 valence electrons. The summed E-state index contributed by atoms with van der Waals surface area (Å²) in [7, 11) is 0.172. The summed E-state index contributed by atoms with van der Waals surface area (Å²) >= 11 is 0. The molecule has 0 spiro atoms. The number of carbonyl (C=O) groups is 2. The van der Waals surface area contributed by atoms with Gasteiger partial charge in [0.25, 0.3) is 0 Å². The van der Waals surface area contributed by atoms with Gasteiger partial charge in [0, 0.05) is 21.3 Å². The zero-order chi connectivity index (χ0) is 13.7. The SMILES string of the molecule is CCC(CC(=O)O)(C(=O)O)[Si](OC)(OC)OC. The van der Waals surface area contributed by atoms with Crippen molar-refractivity contribution in [1.82, 2.24) is 0 Å². The largest absolute Gasteiger partial charge is 0.518 e. The fourth-order valence-electron chi connectivity index (χ4n) is 1.90. The van der Waals surface area contributed by atoms with Crippen molar-refractivity contribution in [2.24, 2.45) is 0 Å². The van der Waals surface area contributed by atoms with Gasteiger partial charge in [0.05, 0.1) is 6.42 Å². The fraction of sp³-hybridized carbons (Fsp3) is 0.778. The van der Waals surface area contributed by atoms with E-state index in [-0.39, 0.29) is 6.42 Å². The molecule has 0 fully saturated rings. The van der Waals surface area contributed by atoms with Crippen LogP contribution in [-0.4, -0.2) is 52.3 Å². The number of hydrogen-bond acceptors (Lipinski definition) is 5. The summed E-state index contributed by atoms with van der Waals surface area (Å²) in [6.07, 6.45) is -0.572. The average molecular weight is 266 g/mol. The van der Waals surface area contributed by atoms with Crippen LogP contribution in [0.2, 0.25) is 5.04 Å². The predicted octanol–water partition coefficient (Wildman–Crippen LogP) is 0.574. The van der Waals surface area contributed by atoms with Crippen molar-refractivity contribution in [3.8, 4) is 0 Å². The Morgan fingerprint density at radius 3 is 1.71 bits per heavy atom. The van der Waals surface area contributed by atoms with Gasteiger partial charge in [-0.2, -0.15) is 0 Å². The molecule has 0 radical (unpaired) electrons. The smallest absolute Gasteiger partial charge is 0.481 e. The minimum absolute atomic E-state index is 0.0381. The zero-order valence-electron chi connectivity index (χ0n) is 10.3. The van der Waals surface area contributed by atoms with E-state index in [1.807, 2.05) is 0 Å². The van der Waals surface area contributed by atoms with Crippen LogP contribution in [0.15, 0.2) is 0 Å². The van der Waals surface area contributed by atoms with E-state index in [0.717, 1.165) is 0 Å². The van der Waals surface area contributed by atoms with E-state index in [0.29, 0.717) is 0 Å². The van der Waals surface area contributed by atoms with Crippen LogP contribution in [0, 0.1) is 0 Å². The molecule has 0 rings (SSSR count). The van der Waals surface area contributed by atoms with Gasteiger partial charge in [-0.3, -0.25) is 9.59 Å². The minimum Gasteiger partial charge on any atom is -0.481 e. The molecule has 0 heterocycles. The summed E-state index contributed by atoms with van der Waals surface area (Å²) in [6.45, 7) is 1.57. The average Bonchev–Trinajstić information content (AvgIpc) is 2.29. The van der Waals surface area contributed by atoms with Crippen LogP contribution in [0.4, 0.5) is 0 Å². The highest BCUT2D eigenvalue weighted by Gasteiger charge is 2.65. The lowest BCUT2D eigenvalue weighted by molar-refractivity contribution is -0.150. The highest BCUT2D eigenvalue weighted by Crippen LogP contribution is 2.46. The maximum Gasteiger partial charge on any atom is 0.518 e. The second-order valence-electron chi connectivity index (χ2n) is 3.48. The van der Waals surface area contributed by atoms with E-state index in [2.05, 4.69) is 0 Å². The Bertz CT molecular complexity index is 281. The van der Waals surface area contributed by atoms with E-state index in [1.165, 1.54) is 21.3 Å². The molecule has 2 N–H and O–H groups in total. The van der Waals surface area contributed by atoms with Gasteiger partial charge >= 0.3 is 20.7 Å². The first kappa shape index (κ1) is 16.0. The highest BCUT2D eigenvalue weighted by molar-refractivity contribution is 6.68. The van der Waals surface area contributed by atoms with Crippen molar-refractivity contribution < 1.29 is 33.1 Å². The Morgan fingerprint density at radius 2 is 1.53 bits per heavy atom. The van der Waals surface area contributed by atoms with E-state index < -0.39 is 32.2 Å². The normalized spacial score (nSPS) is 15.3. The van der Waals surface area contributed by atoms with Gasteiger partial charge < -0.3 is 23.5 Å². The molecule has 7 nitrogen and oxygen atoms in total. The van der Waals surface area contributed by atoms with Gasteiger partial charge in [-0.1, -0.05) is 6.92 Å². The third-order valence-electron chi connectivity index (χ3n) is 2.86. The van der Waals surface area contributed by atoms with Crippen LogP contribution in [-0.2, 0) is 22.9 Å². The molecule has 0 saturated heterocycles. The fourth-order valence-corrected chi connectivity index (χ4v) is 4.64. The summed E-state index contributed by atoms with van der Waals surface area (Å²) in [6, 6.07) is 0. The molecule has 1 unspecified atom stereocenters. The lowest BCUT2D eigenvalue weighted by Gasteiger charge is -2.38. The second kappa shape index (κ2) is 6.10. The molecular formula is C9H18O7Si. The first-order chi connectivity index (χ1) is 7.85. The molecule has 1 atom stereocenters. The lowest BCUT2D eigenvalue weighted by Crippen LogP contribution is -2.58. The van der Waals surface area contributed by atoms with Crippen molar-refractivity contribution >= 4 is 20.7 Å². The minimum atomic E-state index is -3.60. The van der Waals surface area contributed by atoms with Gasteiger partial charge in [0.2, 0.25) is 0 Å². The molecule has 0 amide bonds. The van der Waals surface area contributed by atoms with Crippen molar-refractivity contribution in [1.29, 1.82) is 0 Å². The van der Waals surface area contributed by atoms with E-state index in [9.17, 15) is 14.7 Å². The van der Waals surface area contributed by atoms with Crippen LogP contribution >= 0.6 is 0 Å². The highest BCUT2D eigenvalue weighted by atomic mass is 28.4. The quantitative estimate of drug-likeness (QED) is 0.619. The Labute approximate surface area is 101 Å². The van der Waals surface area contributed by atoms with Crippen molar-refractivity contribution in [2.45, 2.75) is 24.8 Å². The van der Waals surface area contributed by atoms with Crippen LogP contribution in [0.3, 0.4) is 0 Å². The molecule has 0 bridgehead atoms. The van der Waals surface area contributed by atoms with Crippen LogP contribution < -0.4 is 0 Å². The van der Waals surface area contributed by atoms with Crippen molar-refractivity contribution in [3.63, 3.8) is 0 Å². The molecule has 0 aliphatic rings. The van der Waals surface area contributed by atoms with Crippen LogP contribution in [0.25, 0.3) is 0 Å². The number of carboxylic acid groups (broad SMARTS) is 2. The first-order valence-corrected chi connectivity index (χ1v) is 6.69. The number of hydrogen-bond donors (Lipinski definition) is 2. The molecule has 0 aromatic carbocycles. The third-order valence-corrected chi connectivity index (χ3v) is 6.39. The molecule has 17 heavy (non-hydrogen) atoms. The lowest BCUT2D eigenvalue weighted by atomic mass is 10.0. The standard InChI is InChI=1S/C9H18O7Si/c1-5-9(8(12)13,6-7(10)11)17(14-2,15-3)16-4/h5-6H2,1-4H3,(H,10,11)(H,12,13). The summed E-state index contributed by atoms with van der Waals surface area (Å²) < 4.78 is 15.3. The summed E-state index contributed by atoms with van der Waals surface area (Å²) in [4.78, 5) is 22.3. The third kappa shape index (κ3) is 2.65. The van der Waals surface area contributed by atoms with Crippen molar-refractivity contribution in [2.75, 3.05) is 21.3 Å². The number of aliphatic carboxylic acids is 2. The zero-order valence-corrected chi connectivity index (χ0v) is 11.3. The molecular weight excluding hydrogens is 248 g/mol. The second-order valence-corrected chi connectivity index (χ2v) is 6.77. The molecule has 0 aromatic heterocycles. The topological polar surface area (TPSA) is 102 Å². The Kier molecular flexibility index (Phi) is 5.76. The number of rotatable bonds is 8. The van der Waals surface area contributed by atoms with E-state index >= 15 is 0 Å². The first-order valence-electron chi connectivity index (χ1n) is 4.96. The maximum absolute atomic E-state index is 11.4. The van der Waals surface area contributed by atoms with Crippen LogP contribution in [0.5, 0.6) is 0 Å². The van der Waals surface area contributed by atoms with Gasteiger partial charge in [-0.05, 0) is 6.42 Å². The van der Waals surface area contributed by atoms with Gasteiger partial charge in [0.15, 0.2) is 0 Å². The van der Waals surface area contributed by atoms with Gasteiger partial charge in [-0.15, -0.1) is 0 Å². The Morgan fingerprint density at radius 1 is 1.12 bits per heavy atom. The van der Waals surface area contributed by atoms with Crippen molar-refractivity contribution in [3.05, 3.63) is 0 Å². The molecule has 8 heteroatoms. The van der Waals surface area contributed by atoms with E-state index in [1.54, 1.807) is 6.92 Å². The Balaban J connectivity index is 5.69. The van der Waals surface area contributed by atoms with Crippen LogP contribution in [0.1, 0.15) is 19.8 Å². The van der Waals surface area contributed by atoms with E-state index in [4.69, 9.17) is 18.4 Å². The number of carboxylic acids is 2. The molecule has 0 aromatic rings. The summed E-state index contributed by atoms with van der Waals surface area (Å²) in [5.41, 5.74) is 0. The maximum atomic E-state index is 11.4. The van der Waals surface area contributed by atoms with Gasteiger partial charge in [-0.25, -0.2) is 0 Å². The summed E-state index contributed by atoms with van der Waals surface area (Å²) in [5.74, 6) is -2.53. The molecule has 0 aliphatic carbocycles. The monoisotopic (exact) mass is 266 g/mol. The summed E-state index contributed by atoms with van der Waals surface area (Å²) in [5, 5.41) is 16.5. The predicted molar refractivity (Wildman–Crippen MR) is 59.7 cm³/mol. The van der Waals surface area contributed by atoms with Gasteiger partial charge in [0.1, 0.15) is 5.04 Å². The Hall–Kier alpha value is -0.963. The molecule has 0 aliphatic heterocycles. The molecule has 0 saturated carbocycles.